The Bertz CT molecular complexity index is 869. The van der Waals surface area contributed by atoms with Crippen LogP contribution in [0.2, 0.25) is 0 Å². The summed E-state index contributed by atoms with van der Waals surface area (Å²) in [6.07, 6.45) is 0. The zero-order valence-corrected chi connectivity index (χ0v) is 15.8. The smallest absolute Gasteiger partial charge is 0.262 e. The van der Waals surface area contributed by atoms with Gasteiger partial charge in [-0.2, -0.15) is 4.31 Å². The van der Waals surface area contributed by atoms with Crippen LogP contribution < -0.4 is 10.1 Å². The van der Waals surface area contributed by atoms with E-state index in [0.717, 1.165) is 0 Å². The van der Waals surface area contributed by atoms with Gasteiger partial charge in [0, 0.05) is 18.3 Å². The van der Waals surface area contributed by atoms with Crippen molar-refractivity contribution in [3.8, 4) is 5.75 Å². The molecule has 1 fully saturated rings. The highest BCUT2D eigenvalue weighted by molar-refractivity contribution is 7.89. The third-order valence-corrected chi connectivity index (χ3v) is 6.19. The number of benzene rings is 2. The fraction of sp³-hybridized carbons (Fsp3) is 0.316. The van der Waals surface area contributed by atoms with Gasteiger partial charge in [0.15, 0.2) is 6.61 Å². The highest BCUT2D eigenvalue weighted by Crippen LogP contribution is 2.22. The van der Waals surface area contributed by atoms with Crippen molar-refractivity contribution >= 4 is 21.6 Å². The van der Waals surface area contributed by atoms with E-state index >= 15 is 0 Å². The minimum Gasteiger partial charge on any atom is -0.484 e. The average molecular weight is 390 g/mol. The maximum atomic E-state index is 12.8. The molecule has 1 amide bonds. The largest absolute Gasteiger partial charge is 0.484 e. The van der Waals surface area contributed by atoms with Crippen LogP contribution in [0.3, 0.4) is 0 Å². The lowest BCUT2D eigenvalue weighted by Crippen LogP contribution is -2.46. The van der Waals surface area contributed by atoms with Gasteiger partial charge in [0.05, 0.1) is 18.1 Å². The predicted molar refractivity (Wildman–Crippen MR) is 101 cm³/mol. The van der Waals surface area contributed by atoms with E-state index < -0.39 is 10.0 Å². The Morgan fingerprint density at radius 1 is 1.19 bits per heavy atom. The molecule has 1 atom stereocenters. The second-order valence-corrected chi connectivity index (χ2v) is 8.10. The molecule has 1 N–H and O–H groups in total. The Kier molecular flexibility index (Phi) is 6.10. The molecule has 0 bridgehead atoms. The van der Waals surface area contributed by atoms with Gasteiger partial charge in [0.1, 0.15) is 5.75 Å². The average Bonchev–Trinajstić information content (AvgIpc) is 2.68. The molecule has 0 aliphatic carbocycles. The van der Waals surface area contributed by atoms with Crippen molar-refractivity contribution in [3.05, 3.63) is 54.6 Å². The molecule has 3 rings (SSSR count). The first-order valence-corrected chi connectivity index (χ1v) is 10.1. The Labute approximate surface area is 158 Å². The molecule has 0 saturated carbocycles. The predicted octanol–water partition coefficient (Wildman–Crippen LogP) is 2.11. The van der Waals surface area contributed by atoms with Gasteiger partial charge in [-0.25, -0.2) is 8.42 Å². The maximum Gasteiger partial charge on any atom is 0.262 e. The summed E-state index contributed by atoms with van der Waals surface area (Å²) >= 11 is 0. The van der Waals surface area contributed by atoms with Crippen LogP contribution >= 0.6 is 0 Å². The Morgan fingerprint density at radius 3 is 2.56 bits per heavy atom. The third-order valence-electron chi connectivity index (χ3n) is 4.16. The second-order valence-electron chi connectivity index (χ2n) is 6.21. The first-order valence-electron chi connectivity index (χ1n) is 8.64. The quantitative estimate of drug-likeness (QED) is 0.817. The van der Waals surface area contributed by atoms with Crippen molar-refractivity contribution in [1.29, 1.82) is 0 Å². The van der Waals surface area contributed by atoms with Crippen molar-refractivity contribution in [2.24, 2.45) is 0 Å². The number of anilines is 1. The molecule has 0 aromatic heterocycles. The number of para-hydroxylation sites is 1. The number of hydrogen-bond acceptors (Lipinski definition) is 5. The topological polar surface area (TPSA) is 84.9 Å². The second kappa shape index (κ2) is 8.51. The van der Waals surface area contributed by atoms with Crippen molar-refractivity contribution in [1.82, 2.24) is 4.31 Å². The Hall–Kier alpha value is -2.42. The van der Waals surface area contributed by atoms with Crippen molar-refractivity contribution in [2.45, 2.75) is 17.9 Å². The summed E-state index contributed by atoms with van der Waals surface area (Å²) in [5.41, 5.74) is 0.505. The highest BCUT2D eigenvalue weighted by atomic mass is 32.2. The standard InChI is InChI=1S/C19H22N2O5S/c1-15-13-25-12-11-21(15)27(23,24)18-9-7-16(8-10-18)20-19(22)14-26-17-5-3-2-4-6-17/h2-10,15H,11-14H2,1H3,(H,20,22). The molecule has 27 heavy (non-hydrogen) atoms. The van der Waals surface area contributed by atoms with Gasteiger partial charge in [0.25, 0.3) is 5.91 Å². The van der Waals surface area contributed by atoms with Crippen molar-refractivity contribution < 1.29 is 22.7 Å². The van der Waals surface area contributed by atoms with E-state index in [9.17, 15) is 13.2 Å². The first kappa shape index (κ1) is 19.3. The third kappa shape index (κ3) is 4.85. The van der Waals surface area contributed by atoms with E-state index in [4.69, 9.17) is 9.47 Å². The number of morpholine rings is 1. The van der Waals surface area contributed by atoms with Crippen LogP contribution in [0.4, 0.5) is 5.69 Å². The summed E-state index contributed by atoms with van der Waals surface area (Å²) in [5, 5.41) is 2.69. The summed E-state index contributed by atoms with van der Waals surface area (Å²) in [5.74, 6) is 0.282. The van der Waals surface area contributed by atoms with Crippen LogP contribution in [0.25, 0.3) is 0 Å². The van der Waals surface area contributed by atoms with Gasteiger partial charge in [-0.05, 0) is 43.3 Å². The molecule has 8 heteroatoms. The van der Waals surface area contributed by atoms with Crippen LogP contribution in [0.15, 0.2) is 59.5 Å². The molecule has 144 valence electrons. The van der Waals surface area contributed by atoms with Crippen molar-refractivity contribution in [3.63, 3.8) is 0 Å². The maximum absolute atomic E-state index is 12.8. The minimum absolute atomic E-state index is 0.130. The fourth-order valence-electron chi connectivity index (χ4n) is 2.78. The van der Waals surface area contributed by atoms with Crippen LogP contribution in [0.5, 0.6) is 5.75 Å². The number of carbonyl (C=O) groups excluding carboxylic acids is 1. The van der Waals surface area contributed by atoms with E-state index in [2.05, 4.69) is 5.32 Å². The molecule has 1 saturated heterocycles. The van der Waals surface area contributed by atoms with E-state index in [1.54, 1.807) is 24.3 Å². The summed E-state index contributed by atoms with van der Waals surface area (Å²) in [6.45, 7) is 2.79. The van der Waals surface area contributed by atoms with E-state index in [0.29, 0.717) is 31.2 Å². The number of sulfonamides is 1. The van der Waals surface area contributed by atoms with E-state index in [1.807, 2.05) is 25.1 Å². The molecular formula is C19H22N2O5S. The van der Waals surface area contributed by atoms with E-state index in [1.165, 1.54) is 16.4 Å². The lowest BCUT2D eigenvalue weighted by atomic mass is 10.3. The summed E-state index contributed by atoms with van der Waals surface area (Å²) < 4.78 is 37.6. The Balaban J connectivity index is 1.60. The first-order chi connectivity index (χ1) is 13.0. The van der Waals surface area contributed by atoms with Crippen LogP contribution in [0, 0.1) is 0 Å². The normalized spacial score (nSPS) is 18.0. The number of carbonyl (C=O) groups is 1. The molecule has 1 aliphatic rings. The lowest BCUT2D eigenvalue weighted by molar-refractivity contribution is -0.118. The lowest BCUT2D eigenvalue weighted by Gasteiger charge is -2.32. The monoisotopic (exact) mass is 390 g/mol. The zero-order chi connectivity index (χ0) is 19.3. The van der Waals surface area contributed by atoms with Crippen LogP contribution in [-0.2, 0) is 19.6 Å². The number of hydrogen-bond donors (Lipinski definition) is 1. The highest BCUT2D eigenvalue weighted by Gasteiger charge is 2.31. The fourth-order valence-corrected chi connectivity index (χ4v) is 4.38. The van der Waals surface area contributed by atoms with Gasteiger partial charge in [0.2, 0.25) is 10.0 Å². The molecule has 1 unspecified atom stereocenters. The molecule has 0 spiro atoms. The van der Waals surface area contributed by atoms with Gasteiger partial charge < -0.3 is 14.8 Å². The number of ether oxygens (including phenoxy) is 2. The number of rotatable bonds is 6. The van der Waals surface area contributed by atoms with Gasteiger partial charge in [-0.1, -0.05) is 18.2 Å². The van der Waals surface area contributed by atoms with Gasteiger partial charge in [-0.15, -0.1) is 0 Å². The minimum atomic E-state index is -3.59. The molecule has 7 nitrogen and oxygen atoms in total. The van der Waals surface area contributed by atoms with E-state index in [-0.39, 0.29) is 23.5 Å². The number of amides is 1. The number of nitrogens with one attached hydrogen (secondary N) is 1. The van der Waals surface area contributed by atoms with Gasteiger partial charge in [-0.3, -0.25) is 4.79 Å². The Morgan fingerprint density at radius 2 is 1.89 bits per heavy atom. The summed E-state index contributed by atoms with van der Waals surface area (Å²) in [6, 6.07) is 14.9. The molecule has 0 radical (unpaired) electrons. The van der Waals surface area contributed by atoms with Crippen LogP contribution in [-0.4, -0.2) is 51.0 Å². The molecule has 2 aromatic rings. The molecule has 1 aliphatic heterocycles. The molecular weight excluding hydrogens is 368 g/mol. The molecule has 2 aromatic carbocycles. The number of nitrogens with zero attached hydrogens (tertiary/aromatic N) is 1. The van der Waals surface area contributed by atoms with Crippen LogP contribution in [0.1, 0.15) is 6.92 Å². The SMILES string of the molecule is CC1COCCN1S(=O)(=O)c1ccc(NC(=O)COc2ccccc2)cc1. The van der Waals surface area contributed by atoms with Crippen molar-refractivity contribution in [2.75, 3.05) is 31.7 Å². The molecule has 1 heterocycles. The zero-order valence-electron chi connectivity index (χ0n) is 15.0. The summed E-state index contributed by atoms with van der Waals surface area (Å²) in [4.78, 5) is 12.2. The summed E-state index contributed by atoms with van der Waals surface area (Å²) in [7, 11) is -3.59. The van der Waals surface area contributed by atoms with Gasteiger partial charge >= 0.3 is 0 Å².